The number of pyridine rings is 1. The number of carbonyl (C=O) groups is 2. The van der Waals surface area contributed by atoms with Crippen LogP contribution in [0.2, 0.25) is 10.0 Å². The third-order valence-electron chi connectivity index (χ3n) is 11.8. The van der Waals surface area contributed by atoms with Gasteiger partial charge in [-0.2, -0.15) is 0 Å². The number of carboxylic acid groups (broad SMARTS) is 1. The fourth-order valence-corrected chi connectivity index (χ4v) is 8.64. The van der Waals surface area contributed by atoms with Crippen LogP contribution in [-0.4, -0.2) is 45.6 Å². The molecule has 11 heteroatoms. The maximum absolute atomic E-state index is 14.5. The van der Waals surface area contributed by atoms with Gasteiger partial charge in [-0.05, 0) is 119 Å². The summed E-state index contributed by atoms with van der Waals surface area (Å²) in [5, 5.41) is 14.3. The Kier molecular flexibility index (Phi) is 12.6. The number of halogens is 2. The fraction of sp³-hybridized carbons (Fsp3) is 0.260. The van der Waals surface area contributed by atoms with Crippen molar-refractivity contribution in [3.63, 3.8) is 0 Å². The van der Waals surface area contributed by atoms with Gasteiger partial charge in [0.15, 0.2) is 17.6 Å². The van der Waals surface area contributed by atoms with Gasteiger partial charge in [-0.3, -0.25) is 14.7 Å². The predicted octanol–water partition coefficient (Wildman–Crippen LogP) is 10.5. The van der Waals surface area contributed by atoms with Crippen LogP contribution in [0.3, 0.4) is 0 Å². The number of rotatable bonds is 13. The Hall–Kier alpha value is -5.87. The van der Waals surface area contributed by atoms with Crippen LogP contribution >= 0.6 is 23.2 Å². The van der Waals surface area contributed by atoms with Gasteiger partial charge in [-0.25, -0.2) is 4.79 Å². The SMILES string of the molecule is CC[C@@H](c1ccccc1)N1Cc2cc3c(cc2C[C@H]1C(=O)N[C@@H](Cc1ccc(-c2ccnc(C)c2C)cc1)C(=O)O)OC[C@H](c1cccc(OCc2ccc(Cl)c(Cl)c2)c1)O3. The van der Waals surface area contributed by atoms with E-state index >= 15 is 0 Å². The molecule has 61 heavy (non-hydrogen) atoms. The maximum atomic E-state index is 14.5. The van der Waals surface area contributed by atoms with Gasteiger partial charge in [0.2, 0.25) is 5.91 Å². The molecule has 0 radical (unpaired) electrons. The molecule has 2 N–H and O–H groups in total. The van der Waals surface area contributed by atoms with Crippen LogP contribution in [0.15, 0.2) is 121 Å². The number of benzene rings is 5. The minimum absolute atomic E-state index is 0.103. The van der Waals surface area contributed by atoms with Gasteiger partial charge in [-0.15, -0.1) is 0 Å². The Labute approximate surface area is 366 Å². The number of hydrogen-bond donors (Lipinski definition) is 2. The van der Waals surface area contributed by atoms with Gasteiger partial charge in [0, 0.05) is 30.9 Å². The van der Waals surface area contributed by atoms with Crippen molar-refractivity contribution < 1.29 is 28.9 Å². The van der Waals surface area contributed by atoms with E-state index in [-0.39, 0.29) is 31.1 Å². The van der Waals surface area contributed by atoms with E-state index in [2.05, 4.69) is 34.3 Å². The standard InChI is InChI=1S/C50H47Cl2N3O6/c1-4-44(35-9-6-5-7-10-35)55-27-38-26-47-46(60-29-48(61-47)36-11-8-12-39(23-36)59-28-33-15-18-41(51)42(52)21-33)25-37(38)24-45(55)49(56)54-43(50(57)58)22-32-13-16-34(17-14-32)40-19-20-53-31(3)30(40)2/h5-21,23,25-26,43-45,48H,4,22,24,27-29H2,1-3H3,(H,54,56)(H,57,58)/t43-,44-,45-,48+/m0/s1. The van der Waals surface area contributed by atoms with Crippen molar-refractivity contribution >= 4 is 35.1 Å². The van der Waals surface area contributed by atoms with Crippen LogP contribution in [0.25, 0.3) is 11.1 Å². The third-order valence-corrected chi connectivity index (χ3v) is 12.5. The first-order valence-corrected chi connectivity index (χ1v) is 21.3. The first-order valence-electron chi connectivity index (χ1n) is 20.5. The van der Waals surface area contributed by atoms with Crippen LogP contribution < -0.4 is 19.5 Å². The van der Waals surface area contributed by atoms with E-state index in [1.165, 1.54) is 0 Å². The van der Waals surface area contributed by atoms with Crippen molar-refractivity contribution in [1.82, 2.24) is 15.2 Å². The third kappa shape index (κ3) is 9.39. The first-order chi connectivity index (χ1) is 29.5. The van der Waals surface area contributed by atoms with Crippen LogP contribution in [-0.2, 0) is 35.6 Å². The number of carbonyl (C=O) groups excluding carboxylic acids is 1. The zero-order valence-electron chi connectivity index (χ0n) is 34.2. The number of aryl methyl sites for hydroxylation is 1. The maximum Gasteiger partial charge on any atom is 0.326 e. The number of aromatic nitrogens is 1. The van der Waals surface area contributed by atoms with E-state index in [1.54, 1.807) is 18.3 Å². The molecule has 1 amide bonds. The molecule has 0 aliphatic carbocycles. The van der Waals surface area contributed by atoms with Gasteiger partial charge < -0.3 is 24.6 Å². The van der Waals surface area contributed by atoms with E-state index in [4.69, 9.17) is 37.4 Å². The van der Waals surface area contributed by atoms with Crippen molar-refractivity contribution in [3.05, 3.63) is 176 Å². The van der Waals surface area contributed by atoms with Gasteiger partial charge in [-0.1, -0.05) is 103 Å². The lowest BCUT2D eigenvalue weighted by Crippen LogP contribution is -2.55. The average Bonchev–Trinajstić information content (AvgIpc) is 3.27. The molecule has 0 fully saturated rings. The highest BCUT2D eigenvalue weighted by Gasteiger charge is 2.39. The summed E-state index contributed by atoms with van der Waals surface area (Å²) in [5.74, 6) is 0.494. The molecule has 1 aromatic heterocycles. The minimum Gasteiger partial charge on any atom is -0.489 e. The number of ether oxygens (including phenoxy) is 3. The summed E-state index contributed by atoms with van der Waals surface area (Å²) < 4.78 is 19.0. The molecule has 9 nitrogen and oxygen atoms in total. The Balaban J connectivity index is 1.01. The lowest BCUT2D eigenvalue weighted by molar-refractivity contribution is -0.143. The summed E-state index contributed by atoms with van der Waals surface area (Å²) in [5.41, 5.74) is 9.85. The number of hydrogen-bond acceptors (Lipinski definition) is 7. The molecule has 6 aromatic rings. The molecule has 0 bridgehead atoms. The van der Waals surface area contributed by atoms with E-state index in [9.17, 15) is 14.7 Å². The summed E-state index contributed by atoms with van der Waals surface area (Å²) in [7, 11) is 0. The number of fused-ring (bicyclic) bond motifs is 2. The highest BCUT2D eigenvalue weighted by Crippen LogP contribution is 2.43. The van der Waals surface area contributed by atoms with Gasteiger partial charge in [0.05, 0.1) is 16.1 Å². The Morgan fingerprint density at radius 1 is 0.885 bits per heavy atom. The molecule has 8 rings (SSSR count). The molecule has 0 saturated heterocycles. The first kappa shape index (κ1) is 41.8. The van der Waals surface area contributed by atoms with Crippen LogP contribution in [0, 0.1) is 13.8 Å². The van der Waals surface area contributed by atoms with Crippen LogP contribution in [0.5, 0.6) is 17.2 Å². The Morgan fingerprint density at radius 2 is 1.66 bits per heavy atom. The summed E-state index contributed by atoms with van der Waals surface area (Å²) >= 11 is 12.3. The molecule has 0 saturated carbocycles. The summed E-state index contributed by atoms with van der Waals surface area (Å²) in [6.07, 6.45) is 2.67. The van der Waals surface area contributed by atoms with E-state index in [1.807, 2.05) is 105 Å². The van der Waals surface area contributed by atoms with Crippen LogP contribution in [0.4, 0.5) is 0 Å². The highest BCUT2D eigenvalue weighted by atomic mass is 35.5. The number of carboxylic acids is 1. The monoisotopic (exact) mass is 855 g/mol. The quantitative estimate of drug-likeness (QED) is 0.118. The molecule has 312 valence electrons. The molecule has 2 aliphatic rings. The highest BCUT2D eigenvalue weighted by molar-refractivity contribution is 6.42. The second kappa shape index (κ2) is 18.4. The van der Waals surface area contributed by atoms with Crippen molar-refractivity contribution in [2.75, 3.05) is 6.61 Å². The topological polar surface area (TPSA) is 110 Å². The Morgan fingerprint density at radius 3 is 2.41 bits per heavy atom. The summed E-state index contributed by atoms with van der Waals surface area (Å²) in [6, 6.07) is 35.3. The molecular formula is C50H47Cl2N3O6. The summed E-state index contributed by atoms with van der Waals surface area (Å²) in [4.78, 5) is 33.8. The molecular weight excluding hydrogens is 809 g/mol. The largest absolute Gasteiger partial charge is 0.489 e. The van der Waals surface area contributed by atoms with Gasteiger partial charge in [0.25, 0.3) is 0 Å². The number of nitrogens with one attached hydrogen (secondary N) is 1. The van der Waals surface area contributed by atoms with Crippen LogP contribution in [0.1, 0.15) is 70.1 Å². The summed E-state index contributed by atoms with van der Waals surface area (Å²) in [6.45, 7) is 7.19. The molecule has 0 spiro atoms. The average molecular weight is 857 g/mol. The van der Waals surface area contributed by atoms with Crippen molar-refractivity contribution in [3.8, 4) is 28.4 Å². The van der Waals surface area contributed by atoms with E-state index < -0.39 is 18.1 Å². The zero-order valence-corrected chi connectivity index (χ0v) is 35.7. The lowest BCUT2D eigenvalue weighted by Gasteiger charge is -2.42. The number of nitrogens with zero attached hydrogens (tertiary/aromatic N) is 2. The molecule has 0 unspecified atom stereocenters. The smallest absolute Gasteiger partial charge is 0.326 e. The Bertz CT molecular complexity index is 2550. The van der Waals surface area contributed by atoms with E-state index in [0.29, 0.717) is 46.9 Å². The van der Waals surface area contributed by atoms with E-state index in [0.717, 1.165) is 62.2 Å². The molecule has 4 atom stereocenters. The van der Waals surface area contributed by atoms with Crippen molar-refractivity contribution in [1.29, 1.82) is 0 Å². The second-order valence-electron chi connectivity index (χ2n) is 15.7. The van der Waals surface area contributed by atoms with Crippen molar-refractivity contribution in [2.45, 2.75) is 77.4 Å². The molecule has 5 aromatic carbocycles. The lowest BCUT2D eigenvalue weighted by atomic mass is 9.89. The van der Waals surface area contributed by atoms with Gasteiger partial charge in [0.1, 0.15) is 25.0 Å². The predicted molar refractivity (Wildman–Crippen MR) is 237 cm³/mol. The molecule has 3 heterocycles. The van der Waals surface area contributed by atoms with Crippen molar-refractivity contribution in [2.24, 2.45) is 0 Å². The number of aliphatic carboxylic acids is 1. The second-order valence-corrected chi connectivity index (χ2v) is 16.5. The zero-order chi connectivity index (χ0) is 42.6. The van der Waals surface area contributed by atoms with Gasteiger partial charge >= 0.3 is 5.97 Å². The minimum atomic E-state index is -1.12. The fourth-order valence-electron chi connectivity index (χ4n) is 8.32. The number of amides is 1. The molecule has 2 aliphatic heterocycles. The normalized spacial score (nSPS) is 16.9.